The van der Waals surface area contributed by atoms with Crippen molar-refractivity contribution in [2.24, 2.45) is 29.1 Å². The normalized spacial score (nSPS) is 14.5. The maximum Gasteiger partial charge on any atom is 0.271 e. The lowest BCUT2D eigenvalue weighted by molar-refractivity contribution is 0.101. The molecule has 2 atom stereocenters. The van der Waals surface area contributed by atoms with Crippen LogP contribution in [0.3, 0.4) is 0 Å². The van der Waals surface area contributed by atoms with Crippen molar-refractivity contribution < 1.29 is 38.9 Å². The van der Waals surface area contributed by atoms with Gasteiger partial charge in [0.25, 0.3) is 45.9 Å². The van der Waals surface area contributed by atoms with Crippen LogP contribution in [-0.4, -0.2) is 177 Å². The second-order valence-corrected chi connectivity index (χ2v) is 36.5. The van der Waals surface area contributed by atoms with Crippen LogP contribution in [-0.2, 0) is 25.7 Å². The van der Waals surface area contributed by atoms with E-state index in [0.29, 0.717) is 88.4 Å². The highest BCUT2D eigenvalue weighted by atomic mass is 16.5. The second-order valence-electron chi connectivity index (χ2n) is 36.5. The Morgan fingerprint density at radius 3 is 1.09 bits per heavy atom. The van der Waals surface area contributed by atoms with Crippen molar-refractivity contribution in [3.8, 4) is 56.5 Å². The Bertz CT molecular complexity index is 6030. The minimum Gasteiger partial charge on any atom is -0.494 e. The van der Waals surface area contributed by atoms with Gasteiger partial charge in [-0.2, -0.15) is 0 Å². The number of ether oxygens (including phenoxy) is 2. The summed E-state index contributed by atoms with van der Waals surface area (Å²) in [6, 6.07) is 58.6. The molecule has 4 fully saturated rings. The van der Waals surface area contributed by atoms with Gasteiger partial charge in [-0.15, -0.1) is 0 Å². The van der Waals surface area contributed by atoms with E-state index in [1.165, 1.54) is 51.4 Å². The summed E-state index contributed by atoms with van der Waals surface area (Å²) in [5.41, 5.74) is 12.7. The Hall–Kier alpha value is -13.8. The number of carbonyl (C=O) groups excluding carboxylic acids is 4. The van der Waals surface area contributed by atoms with Gasteiger partial charge < -0.3 is 81.3 Å². The molecule has 0 saturated carbocycles. The van der Waals surface area contributed by atoms with Crippen molar-refractivity contribution in [1.82, 2.24) is 55.4 Å². The van der Waals surface area contributed by atoms with E-state index in [0.717, 1.165) is 154 Å². The zero-order valence-corrected chi connectivity index (χ0v) is 79.5. The molecule has 29 heteroatoms. The third-order valence-corrected chi connectivity index (χ3v) is 25.4. The van der Waals surface area contributed by atoms with E-state index in [4.69, 9.17) is 19.4 Å². The smallest absolute Gasteiger partial charge is 0.271 e. The van der Waals surface area contributed by atoms with E-state index in [-0.39, 0.29) is 99.1 Å². The molecule has 1 unspecified atom stereocenters. The molecular weight excluding hydrogens is 1730 g/mol. The lowest BCUT2D eigenvalue weighted by Gasteiger charge is -2.28. The first-order chi connectivity index (χ1) is 66.4. The van der Waals surface area contributed by atoms with Crippen molar-refractivity contribution in [3.05, 3.63) is 305 Å². The number of aryl methyl sites for hydroxylation is 2. The number of piperazine rings is 1. The number of H-pyrrole nitrogens is 4. The lowest BCUT2D eigenvalue weighted by Crippen LogP contribution is -2.44. The predicted molar refractivity (Wildman–Crippen MR) is 543 cm³/mol. The molecule has 718 valence electrons. The van der Waals surface area contributed by atoms with Crippen molar-refractivity contribution in [2.75, 3.05) is 129 Å². The number of anilines is 6. The number of hydrogen-bond donors (Lipinski definition) is 12. The van der Waals surface area contributed by atoms with Gasteiger partial charge >= 0.3 is 0 Å². The highest BCUT2D eigenvalue weighted by molar-refractivity contribution is 6.07. The topological polar surface area (TPSA) is 392 Å². The number of aromatic nitrogens is 8. The van der Waals surface area contributed by atoms with E-state index >= 15 is 0 Å². The summed E-state index contributed by atoms with van der Waals surface area (Å²) in [5.74, 6) is 1.33. The van der Waals surface area contributed by atoms with Crippen molar-refractivity contribution in [3.63, 3.8) is 0 Å². The number of nitrogens with zero attached hydrogens (tertiary/aromatic N) is 7. The molecule has 137 heavy (non-hydrogen) atoms. The van der Waals surface area contributed by atoms with Crippen molar-refractivity contribution >= 4 is 57.8 Å². The van der Waals surface area contributed by atoms with Crippen LogP contribution < -0.4 is 73.4 Å². The van der Waals surface area contributed by atoms with E-state index < -0.39 is 0 Å². The standard InChI is InChI=1S/C29H36N4O3.C28H34N4O3.C26H30N4O3.C25H29N5O3/c1-29(2,3)22(19-34)17-23-8-7-9-25(31-23)21-16-26(28(36)30-18-21)32-27(35)20-10-12-24(13-11-20)33-14-5-4-6-15-33;1-19(2)22(18-33)15-23-7-6-8-25(30-23)21-16-26(28(35)29-17-21)31-27(34)20-9-11-24(12-10-20)32-13-4-3-5-14-32;1-2-21-4-3-5-23(29-21)20-16-24(26(32)28-17-20)30-25(31)19-6-8-22(9-7-19)33-15-12-18-10-13-27-14-11-18;1-2-20-4-3-5-22(28-20)19-16-23(25(32)27-17-19)29-24(31)18-6-8-21(9-7-18)33-15-14-30-12-10-26-11-13-30/h7-13,16,18,22,34H,4-6,14-15,17,19H2,1-3H3,(H,30,36)(H,32,35);6-12,16-17,19,22,33H,3-5,13-15,18H2,1-2H3,(H,29,35)(H,31,34);3-9,16-18,27H,2,10-15H2,1H3,(H,28,32)(H,30,31);3-9,16-17,26H,2,10-15H2,1H3,(H,27,32)(H,29,31)/t;22-;;/m.0../s1. The monoisotopic (exact) mass is 1860 g/mol. The SMILES string of the molecule is CC(C)(C)C(CO)Cc1cccc(-c2c[nH]c(=O)c(NC(=O)c3ccc(N4CCCCC4)cc3)c2)n1.CC(C)[C@H](CO)Cc1cccc(-c2c[nH]c(=O)c(NC(=O)c3ccc(N4CCCCC4)cc3)c2)n1.CCc1cccc(-c2c[nH]c(=O)c(NC(=O)c3ccc(OCCC4CCNCC4)cc3)c2)n1.CCc1cccc(-c2c[nH]c(=O)c(NC(=O)c3ccc(OCCN4CCNCC4)cc3)c2)n1. The number of aliphatic hydroxyl groups is 2. The van der Waals surface area contributed by atoms with Crippen LogP contribution in [0, 0.1) is 29.1 Å². The molecule has 4 aliphatic heterocycles. The van der Waals surface area contributed by atoms with Crippen LogP contribution in [0.1, 0.15) is 170 Å². The summed E-state index contributed by atoms with van der Waals surface area (Å²) in [6.07, 6.45) is 20.1. The molecule has 8 aromatic heterocycles. The Morgan fingerprint density at radius 1 is 0.416 bits per heavy atom. The highest BCUT2D eigenvalue weighted by Crippen LogP contribution is 2.32. The molecule has 0 spiro atoms. The number of carbonyl (C=O) groups is 4. The number of aliphatic hydroxyl groups excluding tert-OH is 2. The summed E-state index contributed by atoms with van der Waals surface area (Å²) < 4.78 is 11.7. The van der Waals surface area contributed by atoms with Gasteiger partial charge in [-0.3, -0.25) is 63.2 Å². The molecule has 4 aliphatic rings. The van der Waals surface area contributed by atoms with E-state index in [2.05, 4.69) is 111 Å². The fourth-order valence-electron chi connectivity index (χ4n) is 16.6. The zero-order valence-electron chi connectivity index (χ0n) is 79.5. The molecule has 12 aromatic rings. The summed E-state index contributed by atoms with van der Waals surface area (Å²) in [7, 11) is 0. The fourth-order valence-corrected chi connectivity index (χ4v) is 16.6. The number of rotatable bonds is 31. The Kier molecular flexibility index (Phi) is 36.8. The van der Waals surface area contributed by atoms with Gasteiger partial charge in [0, 0.05) is 176 Å². The van der Waals surface area contributed by atoms with Gasteiger partial charge in [-0.1, -0.05) is 72.7 Å². The van der Waals surface area contributed by atoms with Crippen LogP contribution in [0.4, 0.5) is 34.1 Å². The molecule has 4 aromatic carbocycles. The number of aromatic amines is 4. The van der Waals surface area contributed by atoms with E-state index in [1.807, 2.05) is 111 Å². The van der Waals surface area contributed by atoms with Gasteiger partial charge in [-0.25, -0.2) is 0 Å². The summed E-state index contributed by atoms with van der Waals surface area (Å²) in [5, 5.41) is 37.1. The molecule has 29 nitrogen and oxygen atoms in total. The summed E-state index contributed by atoms with van der Waals surface area (Å²) in [4.78, 5) is 137. The largest absolute Gasteiger partial charge is 0.494 e. The van der Waals surface area contributed by atoms with Crippen LogP contribution >= 0.6 is 0 Å². The first kappa shape index (κ1) is 101. The van der Waals surface area contributed by atoms with Crippen LogP contribution in [0.2, 0.25) is 0 Å². The van der Waals surface area contributed by atoms with Crippen LogP contribution in [0.25, 0.3) is 45.0 Å². The van der Waals surface area contributed by atoms with Gasteiger partial charge in [-0.05, 0) is 296 Å². The average molecular weight is 1860 g/mol. The fraction of sp³-hybridized carbons (Fsp3) is 0.370. The first-order valence-corrected chi connectivity index (χ1v) is 48.0. The first-order valence-electron chi connectivity index (χ1n) is 48.0. The number of piperidine rings is 3. The highest BCUT2D eigenvalue weighted by Gasteiger charge is 2.27. The third kappa shape index (κ3) is 29.6. The maximum absolute atomic E-state index is 12.9. The predicted octanol–water partition coefficient (Wildman–Crippen LogP) is 15.9. The minimum atomic E-state index is -0.374. The maximum atomic E-state index is 12.9. The number of pyridine rings is 8. The van der Waals surface area contributed by atoms with E-state index in [1.54, 1.807) is 122 Å². The number of hydrogen-bond acceptors (Lipinski definition) is 21. The van der Waals surface area contributed by atoms with Gasteiger partial charge in [0.2, 0.25) is 0 Å². The molecule has 12 N–H and O–H groups in total. The molecule has 0 aliphatic carbocycles. The van der Waals surface area contributed by atoms with Gasteiger partial charge in [0.05, 0.1) is 29.4 Å². The number of amides is 4. The van der Waals surface area contributed by atoms with Crippen LogP contribution in [0.15, 0.2) is 238 Å². The number of benzene rings is 4. The van der Waals surface area contributed by atoms with Crippen molar-refractivity contribution in [2.45, 2.75) is 132 Å². The molecule has 4 amide bonds. The zero-order chi connectivity index (χ0) is 96.6. The number of nitrogens with one attached hydrogen (secondary N) is 10. The van der Waals surface area contributed by atoms with Crippen LogP contribution in [0.5, 0.6) is 11.5 Å². The molecule has 0 bridgehead atoms. The molecule has 16 rings (SSSR count). The Balaban J connectivity index is 0.000000154. The summed E-state index contributed by atoms with van der Waals surface area (Å²) in [6.45, 7) is 27.3. The second kappa shape index (κ2) is 50.1. The molecule has 0 radical (unpaired) electrons. The minimum absolute atomic E-state index is 0.0478. The Morgan fingerprint density at radius 2 is 0.752 bits per heavy atom. The quantitative estimate of drug-likeness (QED) is 0.0192. The Labute approximate surface area is 800 Å². The summed E-state index contributed by atoms with van der Waals surface area (Å²) >= 11 is 0. The van der Waals surface area contributed by atoms with E-state index in [9.17, 15) is 48.6 Å². The van der Waals surface area contributed by atoms with Gasteiger partial charge in [0.15, 0.2) is 0 Å². The lowest BCUT2D eigenvalue weighted by atomic mass is 9.78. The third-order valence-electron chi connectivity index (χ3n) is 25.4. The average Bonchev–Trinajstić information content (AvgIpc) is 0.822. The molecule has 12 heterocycles. The van der Waals surface area contributed by atoms with Gasteiger partial charge in [0.1, 0.15) is 40.9 Å². The molecule has 4 saturated heterocycles. The van der Waals surface area contributed by atoms with Crippen molar-refractivity contribution in [1.29, 1.82) is 0 Å². The molecular formula is C108H129N17O12.